The van der Waals surface area contributed by atoms with E-state index in [0.717, 1.165) is 4.47 Å². The highest BCUT2D eigenvalue weighted by molar-refractivity contribution is 9.10. The van der Waals surface area contributed by atoms with E-state index in [0.29, 0.717) is 5.69 Å². The van der Waals surface area contributed by atoms with Crippen LogP contribution in [0, 0.1) is 0 Å². The molecule has 0 saturated heterocycles. The lowest BCUT2D eigenvalue weighted by atomic mass is 10.3. The van der Waals surface area contributed by atoms with Crippen molar-refractivity contribution in [2.45, 2.75) is 0 Å². The molecule has 86 valence electrons. The van der Waals surface area contributed by atoms with Crippen LogP contribution in [-0.2, 0) is 4.84 Å². The molecule has 0 heterocycles. The van der Waals surface area contributed by atoms with Gasteiger partial charge in [-0.25, -0.2) is 4.79 Å². The van der Waals surface area contributed by atoms with Gasteiger partial charge in [0, 0.05) is 17.2 Å². The van der Waals surface area contributed by atoms with Gasteiger partial charge in [-0.15, -0.1) is 0 Å². The van der Waals surface area contributed by atoms with Crippen molar-refractivity contribution in [2.24, 2.45) is 5.16 Å². The van der Waals surface area contributed by atoms with E-state index in [1.807, 2.05) is 12.1 Å². The number of rotatable bonds is 3. The number of hydrogen-bond acceptors (Lipinski definition) is 3. The van der Waals surface area contributed by atoms with Gasteiger partial charge in [-0.05, 0) is 24.3 Å². The number of carbonyl (C=O) groups is 1. The molecule has 0 radical (unpaired) electrons. The molecule has 1 aromatic rings. The summed E-state index contributed by atoms with van der Waals surface area (Å²) in [4.78, 5) is 17.3. The van der Waals surface area contributed by atoms with E-state index in [9.17, 15) is 4.79 Å². The van der Waals surface area contributed by atoms with Gasteiger partial charge < -0.3 is 10.2 Å². The van der Waals surface area contributed by atoms with Gasteiger partial charge in [-0.3, -0.25) is 4.90 Å². The zero-order valence-electron chi connectivity index (χ0n) is 8.98. The highest BCUT2D eigenvalue weighted by Crippen LogP contribution is 2.14. The predicted octanol–water partition coefficient (Wildman–Crippen LogP) is 2.50. The Morgan fingerprint density at radius 1 is 1.50 bits per heavy atom. The maximum atomic E-state index is 11.6. The summed E-state index contributed by atoms with van der Waals surface area (Å²) in [6.07, 6.45) is 1.29. The number of nitrogens with one attached hydrogen (secondary N) is 1. The second kappa shape index (κ2) is 6.12. The Balaban J connectivity index is 2.57. The van der Waals surface area contributed by atoms with Crippen molar-refractivity contribution in [3.05, 3.63) is 28.7 Å². The van der Waals surface area contributed by atoms with Gasteiger partial charge in [0.1, 0.15) is 13.4 Å². The second-order valence-corrected chi connectivity index (χ2v) is 3.87. The van der Waals surface area contributed by atoms with Crippen molar-refractivity contribution >= 4 is 34.0 Å². The minimum Gasteiger partial charge on any atom is -0.398 e. The highest BCUT2D eigenvalue weighted by atomic mass is 79.9. The molecule has 0 fully saturated rings. The molecule has 0 aliphatic heterocycles. The van der Waals surface area contributed by atoms with Gasteiger partial charge in [0.05, 0.1) is 0 Å². The number of oxime groups is 1. The smallest absolute Gasteiger partial charge is 0.326 e. The Bertz CT molecular complexity index is 378. The number of benzene rings is 1. The highest BCUT2D eigenvalue weighted by Gasteiger charge is 2.05. The summed E-state index contributed by atoms with van der Waals surface area (Å²) in [6, 6.07) is 6.99. The van der Waals surface area contributed by atoms with Gasteiger partial charge in [0.15, 0.2) is 0 Å². The summed E-state index contributed by atoms with van der Waals surface area (Å²) in [7, 11) is 2.99. The summed E-state index contributed by atoms with van der Waals surface area (Å²) in [5.41, 5.74) is 0.714. The van der Waals surface area contributed by atoms with Crippen molar-refractivity contribution < 1.29 is 9.63 Å². The third kappa shape index (κ3) is 3.90. The van der Waals surface area contributed by atoms with Crippen molar-refractivity contribution in [3.63, 3.8) is 0 Å². The Morgan fingerprint density at radius 2 is 2.12 bits per heavy atom. The van der Waals surface area contributed by atoms with Crippen LogP contribution in [0.1, 0.15) is 0 Å². The fourth-order valence-electron chi connectivity index (χ4n) is 0.915. The fraction of sp³-hybridized carbons (Fsp3) is 0.200. The van der Waals surface area contributed by atoms with Crippen LogP contribution in [0.5, 0.6) is 0 Å². The third-order valence-corrected chi connectivity index (χ3v) is 2.27. The molecule has 0 aliphatic carbocycles. The van der Waals surface area contributed by atoms with Crippen molar-refractivity contribution in [1.29, 1.82) is 0 Å². The molecule has 0 atom stereocenters. The monoisotopic (exact) mass is 285 g/mol. The summed E-state index contributed by atoms with van der Waals surface area (Å²) in [5.74, 6) is 0. The lowest BCUT2D eigenvalue weighted by Gasteiger charge is -2.12. The average Bonchev–Trinajstić information content (AvgIpc) is 2.29. The first-order valence-electron chi connectivity index (χ1n) is 4.49. The van der Waals surface area contributed by atoms with Crippen molar-refractivity contribution in [2.75, 3.05) is 19.5 Å². The second-order valence-electron chi connectivity index (χ2n) is 2.95. The quantitative estimate of drug-likeness (QED) is 0.527. The van der Waals surface area contributed by atoms with E-state index in [4.69, 9.17) is 0 Å². The molecule has 6 heteroatoms. The molecule has 0 spiro atoms. The molecule has 0 aliphatic rings. The molecule has 5 nitrogen and oxygen atoms in total. The van der Waals surface area contributed by atoms with Crippen LogP contribution < -0.4 is 5.32 Å². The van der Waals surface area contributed by atoms with Crippen LogP contribution >= 0.6 is 15.9 Å². The Kier molecular flexibility index (Phi) is 4.78. The number of anilines is 1. The largest absolute Gasteiger partial charge is 0.398 e. The van der Waals surface area contributed by atoms with Crippen LogP contribution in [-0.4, -0.2) is 31.4 Å². The molecule has 1 N–H and O–H groups in total. The molecule has 1 rings (SSSR count). The van der Waals surface area contributed by atoms with Crippen LogP contribution in [0.25, 0.3) is 0 Å². The normalized spacial score (nSPS) is 10.2. The first kappa shape index (κ1) is 12.5. The number of halogens is 1. The Labute approximate surface area is 102 Å². The summed E-state index contributed by atoms with van der Waals surface area (Å²) < 4.78 is 0.958. The minimum atomic E-state index is -0.289. The molecule has 0 saturated carbocycles. The summed E-state index contributed by atoms with van der Waals surface area (Å²) in [6.45, 7) is 0. The van der Waals surface area contributed by atoms with Gasteiger partial charge in [-0.2, -0.15) is 0 Å². The van der Waals surface area contributed by atoms with Crippen molar-refractivity contribution in [3.8, 4) is 0 Å². The van der Waals surface area contributed by atoms with Gasteiger partial charge in [-0.1, -0.05) is 21.1 Å². The number of nitrogens with zero attached hydrogens (tertiary/aromatic N) is 2. The molecular weight excluding hydrogens is 274 g/mol. The van der Waals surface area contributed by atoms with Crippen LogP contribution in [0.3, 0.4) is 0 Å². The zero-order valence-corrected chi connectivity index (χ0v) is 10.6. The SMILES string of the molecule is CO/N=C/N(C)C(=O)Nc1ccc(Br)cc1. The van der Waals surface area contributed by atoms with E-state index in [-0.39, 0.29) is 6.03 Å². The summed E-state index contributed by atoms with van der Waals surface area (Å²) in [5, 5.41) is 6.18. The van der Waals surface area contributed by atoms with Crippen LogP contribution in [0.4, 0.5) is 10.5 Å². The maximum Gasteiger partial charge on any atom is 0.326 e. The first-order valence-corrected chi connectivity index (χ1v) is 5.29. The van der Waals surface area contributed by atoms with E-state index in [1.54, 1.807) is 19.2 Å². The van der Waals surface area contributed by atoms with Gasteiger partial charge >= 0.3 is 6.03 Å². The maximum absolute atomic E-state index is 11.6. The molecule has 2 amide bonds. The molecule has 16 heavy (non-hydrogen) atoms. The van der Waals surface area contributed by atoms with E-state index in [2.05, 4.69) is 31.2 Å². The standard InChI is InChI=1S/C10H12BrN3O2/c1-14(7-12-16-2)10(15)13-9-5-3-8(11)4-6-9/h3-7H,1-2H3,(H,13,15)/b12-7+. The lowest BCUT2D eigenvalue weighted by Crippen LogP contribution is -2.30. The Morgan fingerprint density at radius 3 is 2.69 bits per heavy atom. The molecule has 0 unspecified atom stereocenters. The predicted molar refractivity (Wildman–Crippen MR) is 66.4 cm³/mol. The lowest BCUT2D eigenvalue weighted by molar-refractivity contribution is 0.208. The number of amides is 2. The Hall–Kier alpha value is -1.56. The number of hydrogen-bond donors (Lipinski definition) is 1. The van der Waals surface area contributed by atoms with Crippen LogP contribution in [0.2, 0.25) is 0 Å². The average molecular weight is 286 g/mol. The molecule has 0 aromatic heterocycles. The van der Waals surface area contributed by atoms with E-state index < -0.39 is 0 Å². The number of urea groups is 1. The van der Waals surface area contributed by atoms with Crippen LogP contribution in [0.15, 0.2) is 33.9 Å². The number of carbonyl (C=O) groups excluding carboxylic acids is 1. The molecule has 1 aromatic carbocycles. The van der Waals surface area contributed by atoms with Gasteiger partial charge in [0.25, 0.3) is 0 Å². The van der Waals surface area contributed by atoms with Crippen molar-refractivity contribution in [1.82, 2.24) is 4.90 Å². The fourth-order valence-corrected chi connectivity index (χ4v) is 1.18. The summed E-state index contributed by atoms with van der Waals surface area (Å²) >= 11 is 3.31. The first-order chi connectivity index (χ1) is 7.63. The van der Waals surface area contributed by atoms with E-state index >= 15 is 0 Å². The van der Waals surface area contributed by atoms with E-state index in [1.165, 1.54) is 18.3 Å². The van der Waals surface area contributed by atoms with Gasteiger partial charge in [0.2, 0.25) is 0 Å². The minimum absolute atomic E-state index is 0.289. The molecular formula is C10H12BrN3O2. The molecule has 0 bridgehead atoms. The third-order valence-electron chi connectivity index (χ3n) is 1.74. The zero-order chi connectivity index (χ0) is 12.0. The topological polar surface area (TPSA) is 53.9 Å².